The number of piperazine rings is 1. The molecule has 1 aliphatic rings. The van der Waals surface area contributed by atoms with Crippen LogP contribution in [0.3, 0.4) is 0 Å². The fourth-order valence-electron chi connectivity index (χ4n) is 4.04. The molecular formula is C25H31N5O. The van der Waals surface area contributed by atoms with Gasteiger partial charge >= 0.3 is 0 Å². The molecule has 0 saturated carbocycles. The van der Waals surface area contributed by atoms with Crippen molar-refractivity contribution in [3.63, 3.8) is 0 Å². The fourth-order valence-corrected chi connectivity index (χ4v) is 4.04. The highest BCUT2D eigenvalue weighted by molar-refractivity contribution is 5.92. The third kappa shape index (κ3) is 5.60. The van der Waals surface area contributed by atoms with Crippen LogP contribution in [0.2, 0.25) is 0 Å². The first-order chi connectivity index (χ1) is 15.0. The van der Waals surface area contributed by atoms with Gasteiger partial charge in [0.25, 0.3) is 0 Å². The first-order valence-electron chi connectivity index (χ1n) is 10.9. The molecule has 1 N–H and O–H groups in total. The highest BCUT2D eigenvalue weighted by Gasteiger charge is 2.19. The van der Waals surface area contributed by atoms with Gasteiger partial charge < -0.3 is 5.32 Å². The minimum atomic E-state index is 0.0528. The van der Waals surface area contributed by atoms with Gasteiger partial charge in [0.05, 0.1) is 17.9 Å². The Bertz CT molecular complexity index is 1020. The SMILES string of the molecule is Cc1ccc(NC(=O)CN2CCN(Cc3ccc(-n4nc(C)cc4C)cc3)CC2)cc1. The number of rotatable bonds is 6. The van der Waals surface area contributed by atoms with Crippen molar-refractivity contribution in [2.24, 2.45) is 0 Å². The zero-order valence-corrected chi connectivity index (χ0v) is 18.6. The number of amides is 1. The molecule has 0 atom stereocenters. The predicted molar refractivity (Wildman–Crippen MR) is 125 cm³/mol. The third-order valence-corrected chi connectivity index (χ3v) is 5.76. The molecule has 0 radical (unpaired) electrons. The molecule has 0 bridgehead atoms. The number of benzene rings is 2. The summed E-state index contributed by atoms with van der Waals surface area (Å²) in [4.78, 5) is 17.0. The van der Waals surface area contributed by atoms with E-state index in [0.717, 1.165) is 55.5 Å². The maximum Gasteiger partial charge on any atom is 0.238 e. The molecule has 31 heavy (non-hydrogen) atoms. The highest BCUT2D eigenvalue weighted by atomic mass is 16.2. The second-order valence-electron chi connectivity index (χ2n) is 8.47. The number of carbonyl (C=O) groups is 1. The number of hydrogen-bond donors (Lipinski definition) is 1. The van der Waals surface area contributed by atoms with Crippen molar-refractivity contribution in [3.05, 3.63) is 77.1 Å². The van der Waals surface area contributed by atoms with Crippen molar-refractivity contribution in [1.29, 1.82) is 0 Å². The number of aryl methyl sites for hydroxylation is 3. The first kappa shape index (κ1) is 21.3. The Morgan fingerprint density at radius 2 is 1.55 bits per heavy atom. The Hall–Kier alpha value is -2.96. The van der Waals surface area contributed by atoms with E-state index in [9.17, 15) is 4.79 Å². The molecule has 1 fully saturated rings. The smallest absolute Gasteiger partial charge is 0.238 e. The number of aromatic nitrogens is 2. The molecule has 0 spiro atoms. The van der Waals surface area contributed by atoms with Crippen LogP contribution in [0.15, 0.2) is 54.6 Å². The lowest BCUT2D eigenvalue weighted by Crippen LogP contribution is -2.48. The van der Waals surface area contributed by atoms with Gasteiger partial charge in [-0.05, 0) is 56.7 Å². The summed E-state index contributed by atoms with van der Waals surface area (Å²) in [7, 11) is 0. The summed E-state index contributed by atoms with van der Waals surface area (Å²) in [6.45, 7) is 11.3. The maximum atomic E-state index is 12.3. The summed E-state index contributed by atoms with van der Waals surface area (Å²) in [5.74, 6) is 0.0528. The van der Waals surface area contributed by atoms with Crippen LogP contribution in [0.4, 0.5) is 5.69 Å². The van der Waals surface area contributed by atoms with Gasteiger partial charge in [0, 0.05) is 44.1 Å². The van der Waals surface area contributed by atoms with E-state index in [-0.39, 0.29) is 5.91 Å². The predicted octanol–water partition coefficient (Wildman–Crippen LogP) is 3.55. The molecule has 3 aromatic rings. The van der Waals surface area contributed by atoms with Crippen LogP contribution in [-0.2, 0) is 11.3 Å². The Kier molecular flexibility index (Phi) is 6.49. The zero-order chi connectivity index (χ0) is 21.8. The Balaban J connectivity index is 1.24. The van der Waals surface area contributed by atoms with E-state index in [4.69, 9.17) is 0 Å². The minimum absolute atomic E-state index is 0.0528. The third-order valence-electron chi connectivity index (χ3n) is 5.76. The second kappa shape index (κ2) is 9.45. The molecule has 6 nitrogen and oxygen atoms in total. The van der Waals surface area contributed by atoms with Gasteiger partial charge in [0.2, 0.25) is 5.91 Å². The number of hydrogen-bond acceptors (Lipinski definition) is 4. The Labute approximate surface area is 184 Å². The van der Waals surface area contributed by atoms with Crippen LogP contribution in [0.1, 0.15) is 22.5 Å². The summed E-state index contributed by atoms with van der Waals surface area (Å²) >= 11 is 0. The minimum Gasteiger partial charge on any atom is -0.325 e. The van der Waals surface area contributed by atoms with E-state index >= 15 is 0 Å². The van der Waals surface area contributed by atoms with Gasteiger partial charge in [-0.3, -0.25) is 14.6 Å². The Morgan fingerprint density at radius 1 is 0.903 bits per heavy atom. The lowest BCUT2D eigenvalue weighted by Gasteiger charge is -2.34. The average molecular weight is 418 g/mol. The topological polar surface area (TPSA) is 53.4 Å². The van der Waals surface area contributed by atoms with Gasteiger partial charge in [-0.25, -0.2) is 4.68 Å². The molecule has 1 amide bonds. The van der Waals surface area contributed by atoms with E-state index in [1.807, 2.05) is 42.8 Å². The van der Waals surface area contributed by atoms with Gasteiger partial charge in [0.1, 0.15) is 0 Å². The lowest BCUT2D eigenvalue weighted by atomic mass is 10.1. The molecule has 162 valence electrons. The standard InChI is InChI=1S/C25H31N5O/c1-19-4-8-23(9-5-19)26-25(31)18-29-14-12-28(13-15-29)17-22-6-10-24(11-7-22)30-21(3)16-20(2)27-30/h4-11,16H,12-15,17-18H2,1-3H3,(H,26,31). The first-order valence-corrected chi connectivity index (χ1v) is 10.9. The Morgan fingerprint density at radius 3 is 2.16 bits per heavy atom. The largest absolute Gasteiger partial charge is 0.325 e. The van der Waals surface area contributed by atoms with Crippen LogP contribution < -0.4 is 5.32 Å². The van der Waals surface area contributed by atoms with Gasteiger partial charge in [-0.2, -0.15) is 5.10 Å². The van der Waals surface area contributed by atoms with E-state index < -0.39 is 0 Å². The van der Waals surface area contributed by atoms with Crippen molar-refractivity contribution in [2.75, 3.05) is 38.0 Å². The van der Waals surface area contributed by atoms with Crippen LogP contribution in [0.25, 0.3) is 5.69 Å². The molecule has 1 aliphatic heterocycles. The number of carbonyl (C=O) groups excluding carboxylic acids is 1. The second-order valence-corrected chi connectivity index (χ2v) is 8.47. The average Bonchev–Trinajstić information content (AvgIpc) is 3.10. The summed E-state index contributed by atoms with van der Waals surface area (Å²) in [6.07, 6.45) is 0. The summed E-state index contributed by atoms with van der Waals surface area (Å²) in [5, 5.41) is 7.55. The van der Waals surface area contributed by atoms with Crippen molar-refractivity contribution in [1.82, 2.24) is 19.6 Å². The van der Waals surface area contributed by atoms with Gasteiger partial charge in [0.15, 0.2) is 0 Å². The number of nitrogens with zero attached hydrogens (tertiary/aromatic N) is 4. The summed E-state index contributed by atoms with van der Waals surface area (Å²) < 4.78 is 1.99. The van der Waals surface area contributed by atoms with E-state index in [2.05, 4.69) is 57.5 Å². The van der Waals surface area contributed by atoms with Crippen LogP contribution >= 0.6 is 0 Å². The van der Waals surface area contributed by atoms with E-state index in [0.29, 0.717) is 6.54 Å². The number of nitrogens with one attached hydrogen (secondary N) is 1. The van der Waals surface area contributed by atoms with Crippen LogP contribution in [0, 0.1) is 20.8 Å². The molecule has 1 aromatic heterocycles. The van der Waals surface area contributed by atoms with Gasteiger partial charge in [-0.15, -0.1) is 0 Å². The number of anilines is 1. The molecular weight excluding hydrogens is 386 g/mol. The molecule has 2 heterocycles. The maximum absolute atomic E-state index is 12.3. The molecule has 1 saturated heterocycles. The van der Waals surface area contributed by atoms with Crippen molar-refractivity contribution >= 4 is 11.6 Å². The molecule has 2 aromatic carbocycles. The molecule has 0 aliphatic carbocycles. The zero-order valence-electron chi connectivity index (χ0n) is 18.6. The summed E-state index contributed by atoms with van der Waals surface area (Å²) in [6, 6.07) is 18.7. The monoisotopic (exact) mass is 417 g/mol. The lowest BCUT2D eigenvalue weighted by molar-refractivity contribution is -0.117. The summed E-state index contributed by atoms with van der Waals surface area (Å²) in [5.41, 5.74) is 6.63. The molecule has 6 heteroatoms. The van der Waals surface area contributed by atoms with E-state index in [1.54, 1.807) is 0 Å². The van der Waals surface area contributed by atoms with Crippen molar-refractivity contribution < 1.29 is 4.79 Å². The molecule has 0 unspecified atom stereocenters. The normalized spacial score (nSPS) is 15.2. The van der Waals surface area contributed by atoms with Gasteiger partial charge in [-0.1, -0.05) is 29.8 Å². The van der Waals surface area contributed by atoms with E-state index in [1.165, 1.54) is 11.1 Å². The van der Waals surface area contributed by atoms with Crippen LogP contribution in [0.5, 0.6) is 0 Å². The van der Waals surface area contributed by atoms with Crippen molar-refractivity contribution in [2.45, 2.75) is 27.3 Å². The fraction of sp³-hybridized carbons (Fsp3) is 0.360. The molecule has 4 rings (SSSR count). The quantitative estimate of drug-likeness (QED) is 0.666. The highest BCUT2D eigenvalue weighted by Crippen LogP contribution is 2.15. The van der Waals surface area contributed by atoms with Crippen LogP contribution in [-0.4, -0.2) is 58.2 Å². The van der Waals surface area contributed by atoms with Crippen molar-refractivity contribution in [3.8, 4) is 5.69 Å².